The van der Waals surface area contributed by atoms with Crippen LogP contribution in [0.15, 0.2) is 58.1 Å². The SMILES string of the molecule is Nn1c(C(F)(F)F)cc(=O)n(-c2cc(NS(=O)(=O)Cc3ccccc3)c(Cl)cc2F)c1=O. The monoisotopic (exact) mass is 492 g/mol. The average molecular weight is 493 g/mol. The lowest BCUT2D eigenvalue weighted by Gasteiger charge is -2.15. The van der Waals surface area contributed by atoms with Crippen LogP contribution in [0.3, 0.4) is 0 Å². The maximum atomic E-state index is 14.5. The van der Waals surface area contributed by atoms with Crippen molar-refractivity contribution in [3.8, 4) is 5.69 Å². The van der Waals surface area contributed by atoms with Gasteiger partial charge in [0.25, 0.3) is 5.56 Å². The van der Waals surface area contributed by atoms with Crippen LogP contribution in [0.25, 0.3) is 5.69 Å². The van der Waals surface area contributed by atoms with E-state index < -0.39 is 61.1 Å². The van der Waals surface area contributed by atoms with Gasteiger partial charge < -0.3 is 5.84 Å². The number of alkyl halides is 3. The van der Waals surface area contributed by atoms with Crippen LogP contribution >= 0.6 is 11.6 Å². The lowest BCUT2D eigenvalue weighted by Crippen LogP contribution is -2.45. The zero-order valence-electron chi connectivity index (χ0n) is 15.7. The molecule has 0 saturated carbocycles. The van der Waals surface area contributed by atoms with Gasteiger partial charge in [0.2, 0.25) is 10.0 Å². The van der Waals surface area contributed by atoms with E-state index in [-0.39, 0.29) is 15.3 Å². The number of nitrogens with one attached hydrogen (secondary N) is 1. The summed E-state index contributed by atoms with van der Waals surface area (Å²) >= 11 is 5.88. The summed E-state index contributed by atoms with van der Waals surface area (Å²) in [5.41, 5.74) is -5.83. The fourth-order valence-corrected chi connectivity index (χ4v) is 4.24. The summed E-state index contributed by atoms with van der Waals surface area (Å²) < 4.78 is 80.0. The number of hydrogen-bond donors (Lipinski definition) is 2. The maximum absolute atomic E-state index is 14.5. The molecule has 3 aromatic rings. The van der Waals surface area contributed by atoms with Crippen molar-refractivity contribution in [1.29, 1.82) is 0 Å². The molecule has 2 aromatic carbocycles. The summed E-state index contributed by atoms with van der Waals surface area (Å²) in [7, 11) is -4.08. The van der Waals surface area contributed by atoms with Crippen LogP contribution in [-0.4, -0.2) is 17.7 Å². The fraction of sp³-hybridized carbons (Fsp3) is 0.111. The standard InChI is InChI=1S/C18H13ClF4N4O4S/c19-11-6-12(20)14(26-16(28)8-15(18(21,22)23)27(24)17(26)29)7-13(11)25-32(30,31)9-10-4-2-1-3-5-10/h1-8,25H,9,24H2. The number of nitrogens with two attached hydrogens (primary N) is 1. The number of sulfonamides is 1. The molecule has 0 radical (unpaired) electrons. The summed E-state index contributed by atoms with van der Waals surface area (Å²) in [6.45, 7) is 0. The Hall–Kier alpha value is -3.32. The molecule has 1 aromatic heterocycles. The Morgan fingerprint density at radius 2 is 1.69 bits per heavy atom. The van der Waals surface area contributed by atoms with Crippen molar-refractivity contribution in [2.75, 3.05) is 10.6 Å². The van der Waals surface area contributed by atoms with Gasteiger partial charge in [-0.2, -0.15) is 13.2 Å². The van der Waals surface area contributed by atoms with Gasteiger partial charge in [-0.3, -0.25) is 9.52 Å². The number of halogens is 5. The van der Waals surface area contributed by atoms with Crippen LogP contribution in [0, 0.1) is 5.82 Å². The molecule has 1 heterocycles. The number of aromatic nitrogens is 2. The van der Waals surface area contributed by atoms with E-state index in [0.29, 0.717) is 17.7 Å². The lowest BCUT2D eigenvalue weighted by atomic mass is 10.2. The summed E-state index contributed by atoms with van der Waals surface area (Å²) in [5.74, 6) is 3.39. The minimum Gasteiger partial charge on any atom is -0.335 e. The highest BCUT2D eigenvalue weighted by Crippen LogP contribution is 2.29. The molecule has 0 aliphatic rings. The Balaban J connectivity index is 2.10. The van der Waals surface area contributed by atoms with Crippen molar-refractivity contribution in [3.05, 3.63) is 91.5 Å². The molecule has 32 heavy (non-hydrogen) atoms. The van der Waals surface area contributed by atoms with Gasteiger partial charge in [-0.1, -0.05) is 41.9 Å². The zero-order valence-corrected chi connectivity index (χ0v) is 17.3. The van der Waals surface area contributed by atoms with Crippen LogP contribution in [0.5, 0.6) is 0 Å². The third kappa shape index (κ3) is 4.78. The van der Waals surface area contributed by atoms with Gasteiger partial charge >= 0.3 is 11.9 Å². The molecular weight excluding hydrogens is 480 g/mol. The van der Waals surface area contributed by atoms with Gasteiger partial charge in [0.1, 0.15) is 5.82 Å². The van der Waals surface area contributed by atoms with E-state index >= 15 is 0 Å². The second kappa shape index (κ2) is 8.31. The Morgan fingerprint density at radius 3 is 2.28 bits per heavy atom. The van der Waals surface area contributed by atoms with E-state index in [1.807, 2.05) is 0 Å². The highest BCUT2D eigenvalue weighted by atomic mass is 35.5. The Bertz CT molecular complexity index is 1400. The predicted molar refractivity (Wildman–Crippen MR) is 109 cm³/mol. The van der Waals surface area contributed by atoms with Crippen molar-refractivity contribution < 1.29 is 26.0 Å². The third-order valence-corrected chi connectivity index (χ3v) is 5.73. The van der Waals surface area contributed by atoms with Crippen molar-refractivity contribution in [2.45, 2.75) is 11.9 Å². The molecule has 0 spiro atoms. The normalized spacial score (nSPS) is 12.0. The second-order valence-corrected chi connectivity index (χ2v) is 8.61. The second-order valence-electron chi connectivity index (χ2n) is 6.48. The molecule has 0 fully saturated rings. The Kier molecular flexibility index (Phi) is 6.07. The molecule has 14 heteroatoms. The molecule has 3 N–H and O–H groups in total. The molecule has 0 amide bonds. The van der Waals surface area contributed by atoms with Gasteiger partial charge in [0, 0.05) is 6.07 Å². The summed E-state index contributed by atoms with van der Waals surface area (Å²) in [5, 5.41) is -0.420. The minimum atomic E-state index is -5.12. The topological polar surface area (TPSA) is 116 Å². The van der Waals surface area contributed by atoms with E-state index in [4.69, 9.17) is 17.4 Å². The number of nitrogen functional groups attached to an aromatic ring is 1. The van der Waals surface area contributed by atoms with E-state index in [0.717, 1.165) is 0 Å². The van der Waals surface area contributed by atoms with Crippen molar-refractivity contribution in [2.24, 2.45) is 0 Å². The van der Waals surface area contributed by atoms with Gasteiger partial charge in [-0.25, -0.2) is 26.8 Å². The fourth-order valence-electron chi connectivity index (χ4n) is 2.78. The van der Waals surface area contributed by atoms with E-state index in [9.17, 15) is 35.6 Å². The summed E-state index contributed by atoms with van der Waals surface area (Å²) in [4.78, 5) is 24.5. The van der Waals surface area contributed by atoms with Gasteiger partial charge in [0.05, 0.1) is 22.2 Å². The first-order valence-corrected chi connectivity index (χ1v) is 10.6. The Labute approximate surface area is 182 Å². The first-order chi connectivity index (χ1) is 14.8. The predicted octanol–water partition coefficient (Wildman–Crippen LogP) is 2.47. The number of benzene rings is 2. The van der Waals surface area contributed by atoms with Gasteiger partial charge in [-0.15, -0.1) is 0 Å². The molecule has 0 saturated heterocycles. The number of anilines is 1. The first kappa shape index (κ1) is 23.3. The van der Waals surface area contributed by atoms with Crippen LogP contribution in [0.2, 0.25) is 5.02 Å². The largest absolute Gasteiger partial charge is 0.433 e. The number of rotatable bonds is 5. The minimum absolute atomic E-state index is 0.00863. The lowest BCUT2D eigenvalue weighted by molar-refractivity contribution is -0.143. The number of nitrogens with zero attached hydrogens (tertiary/aromatic N) is 2. The van der Waals surface area contributed by atoms with Crippen LogP contribution < -0.4 is 21.8 Å². The van der Waals surface area contributed by atoms with Gasteiger partial charge in [0.15, 0.2) is 5.69 Å². The van der Waals surface area contributed by atoms with E-state index in [1.165, 1.54) is 0 Å². The average Bonchev–Trinajstić information content (AvgIpc) is 2.67. The van der Waals surface area contributed by atoms with Crippen LogP contribution in [0.4, 0.5) is 23.2 Å². The van der Waals surface area contributed by atoms with E-state index in [2.05, 4.69) is 4.72 Å². The number of hydrogen-bond acceptors (Lipinski definition) is 5. The highest BCUT2D eigenvalue weighted by molar-refractivity contribution is 7.91. The van der Waals surface area contributed by atoms with Gasteiger partial charge in [-0.05, 0) is 17.7 Å². The molecular formula is C18H13ClF4N4O4S. The quantitative estimate of drug-likeness (QED) is 0.419. The zero-order chi connectivity index (χ0) is 23.8. The molecule has 0 bridgehead atoms. The Morgan fingerprint density at radius 1 is 1.06 bits per heavy atom. The van der Waals surface area contributed by atoms with E-state index in [1.54, 1.807) is 30.3 Å². The van der Waals surface area contributed by atoms with Crippen LogP contribution in [0.1, 0.15) is 11.3 Å². The summed E-state index contributed by atoms with van der Waals surface area (Å²) in [6, 6.07) is 9.31. The molecule has 0 aliphatic heterocycles. The third-order valence-electron chi connectivity index (χ3n) is 4.17. The highest BCUT2D eigenvalue weighted by Gasteiger charge is 2.36. The molecule has 3 rings (SSSR count). The first-order valence-electron chi connectivity index (χ1n) is 8.55. The molecule has 0 unspecified atom stereocenters. The van der Waals surface area contributed by atoms with Crippen molar-refractivity contribution >= 4 is 27.3 Å². The molecule has 0 atom stereocenters. The van der Waals surface area contributed by atoms with Crippen molar-refractivity contribution in [1.82, 2.24) is 9.24 Å². The van der Waals surface area contributed by atoms with Crippen molar-refractivity contribution in [3.63, 3.8) is 0 Å². The maximum Gasteiger partial charge on any atom is 0.433 e. The smallest absolute Gasteiger partial charge is 0.335 e. The molecule has 8 nitrogen and oxygen atoms in total. The molecule has 170 valence electrons. The molecule has 0 aliphatic carbocycles. The summed E-state index contributed by atoms with van der Waals surface area (Å²) in [6.07, 6.45) is -5.12. The van der Waals surface area contributed by atoms with Crippen LogP contribution in [-0.2, 0) is 22.0 Å².